The van der Waals surface area contributed by atoms with Crippen molar-refractivity contribution in [2.45, 2.75) is 18.9 Å². The van der Waals surface area contributed by atoms with E-state index in [0.717, 1.165) is 19.4 Å². The van der Waals surface area contributed by atoms with E-state index in [-0.39, 0.29) is 17.3 Å². The highest BCUT2D eigenvalue weighted by Gasteiger charge is 2.26. The Balaban J connectivity index is 2.36. The van der Waals surface area contributed by atoms with Gasteiger partial charge in [0.05, 0.1) is 6.33 Å². The van der Waals surface area contributed by atoms with Gasteiger partial charge < -0.3 is 21.4 Å². The number of nitrogen functional groups attached to an aromatic ring is 1. The van der Waals surface area contributed by atoms with Gasteiger partial charge in [-0.25, -0.2) is 4.98 Å². The molecule has 0 aliphatic carbocycles. The Bertz CT molecular complexity index is 402. The van der Waals surface area contributed by atoms with Gasteiger partial charge in [0, 0.05) is 19.1 Å². The molecular formula is C9H15N5O. The number of rotatable bonds is 2. The third-order valence-electron chi connectivity index (χ3n) is 2.79. The average Bonchev–Trinajstić information content (AvgIpc) is 2.70. The SMILES string of the molecule is NCC1CCCN1c1nc[nH]c(=O)c1N. The summed E-state index contributed by atoms with van der Waals surface area (Å²) >= 11 is 0. The van der Waals surface area contributed by atoms with Crippen molar-refractivity contribution in [3.8, 4) is 0 Å². The van der Waals surface area contributed by atoms with Gasteiger partial charge in [-0.15, -0.1) is 0 Å². The van der Waals surface area contributed by atoms with Crippen LogP contribution in [0.4, 0.5) is 11.5 Å². The van der Waals surface area contributed by atoms with E-state index in [4.69, 9.17) is 11.5 Å². The highest BCUT2D eigenvalue weighted by atomic mass is 16.1. The first-order chi connectivity index (χ1) is 7.24. The maximum Gasteiger partial charge on any atom is 0.276 e. The molecule has 1 aliphatic rings. The molecule has 0 radical (unpaired) electrons. The van der Waals surface area contributed by atoms with Crippen molar-refractivity contribution in [3.63, 3.8) is 0 Å². The molecule has 1 fully saturated rings. The minimum Gasteiger partial charge on any atom is -0.391 e. The van der Waals surface area contributed by atoms with Crippen molar-refractivity contribution in [1.29, 1.82) is 0 Å². The molecule has 0 bridgehead atoms. The van der Waals surface area contributed by atoms with Gasteiger partial charge in [0.25, 0.3) is 5.56 Å². The number of aromatic nitrogens is 2. The monoisotopic (exact) mass is 209 g/mol. The zero-order valence-electron chi connectivity index (χ0n) is 8.44. The molecule has 15 heavy (non-hydrogen) atoms. The molecule has 6 nitrogen and oxygen atoms in total. The lowest BCUT2D eigenvalue weighted by atomic mass is 10.2. The number of aromatic amines is 1. The summed E-state index contributed by atoms with van der Waals surface area (Å²) in [6.07, 6.45) is 3.47. The number of nitrogens with two attached hydrogens (primary N) is 2. The number of H-pyrrole nitrogens is 1. The fourth-order valence-corrected chi connectivity index (χ4v) is 1.99. The molecule has 1 aliphatic heterocycles. The van der Waals surface area contributed by atoms with Crippen LogP contribution in [0, 0.1) is 0 Å². The van der Waals surface area contributed by atoms with Crippen LogP contribution in [0.15, 0.2) is 11.1 Å². The van der Waals surface area contributed by atoms with E-state index in [2.05, 4.69) is 9.97 Å². The second-order valence-corrected chi connectivity index (χ2v) is 3.69. The van der Waals surface area contributed by atoms with Gasteiger partial charge in [-0.1, -0.05) is 0 Å². The zero-order chi connectivity index (χ0) is 10.8. The predicted octanol–water partition coefficient (Wildman–Crippen LogP) is -0.720. The Morgan fingerprint density at radius 3 is 3.20 bits per heavy atom. The Morgan fingerprint density at radius 2 is 2.47 bits per heavy atom. The van der Waals surface area contributed by atoms with Crippen LogP contribution in [-0.2, 0) is 0 Å². The van der Waals surface area contributed by atoms with E-state index in [1.165, 1.54) is 6.33 Å². The molecule has 0 amide bonds. The molecular weight excluding hydrogens is 194 g/mol. The van der Waals surface area contributed by atoms with Crippen LogP contribution in [0.3, 0.4) is 0 Å². The number of nitrogens with zero attached hydrogens (tertiary/aromatic N) is 2. The third-order valence-corrected chi connectivity index (χ3v) is 2.79. The van der Waals surface area contributed by atoms with Crippen LogP contribution in [0.5, 0.6) is 0 Å². The van der Waals surface area contributed by atoms with E-state index in [9.17, 15) is 4.79 Å². The zero-order valence-corrected chi connectivity index (χ0v) is 8.44. The standard InChI is InChI=1S/C9H15N5O/c10-4-6-2-1-3-14(6)8-7(11)9(15)13-5-12-8/h5-6H,1-4,10-11H2,(H,12,13,15). The van der Waals surface area contributed by atoms with Gasteiger partial charge in [0.15, 0.2) is 5.82 Å². The number of nitrogens with one attached hydrogen (secondary N) is 1. The van der Waals surface area contributed by atoms with Crippen LogP contribution in [-0.4, -0.2) is 29.1 Å². The molecule has 1 aromatic rings. The number of anilines is 2. The van der Waals surface area contributed by atoms with Crippen molar-refractivity contribution in [2.24, 2.45) is 5.73 Å². The Hall–Kier alpha value is -1.56. The summed E-state index contributed by atoms with van der Waals surface area (Å²) in [5.74, 6) is 0.562. The molecule has 0 saturated carbocycles. The summed E-state index contributed by atoms with van der Waals surface area (Å²) < 4.78 is 0. The van der Waals surface area contributed by atoms with Crippen LogP contribution in [0.25, 0.3) is 0 Å². The molecule has 1 saturated heterocycles. The van der Waals surface area contributed by atoms with Crippen LogP contribution in [0.2, 0.25) is 0 Å². The highest BCUT2D eigenvalue weighted by Crippen LogP contribution is 2.25. The largest absolute Gasteiger partial charge is 0.391 e. The molecule has 0 spiro atoms. The molecule has 82 valence electrons. The molecule has 5 N–H and O–H groups in total. The van der Waals surface area contributed by atoms with Gasteiger partial charge in [0.1, 0.15) is 5.69 Å². The molecule has 6 heteroatoms. The summed E-state index contributed by atoms with van der Waals surface area (Å²) in [6.45, 7) is 1.43. The van der Waals surface area contributed by atoms with E-state index < -0.39 is 0 Å². The van der Waals surface area contributed by atoms with E-state index in [0.29, 0.717) is 12.4 Å². The molecule has 0 aromatic carbocycles. The predicted molar refractivity (Wildman–Crippen MR) is 58.7 cm³/mol. The van der Waals surface area contributed by atoms with Crippen molar-refractivity contribution < 1.29 is 0 Å². The van der Waals surface area contributed by atoms with Crippen molar-refractivity contribution in [3.05, 3.63) is 16.7 Å². The Labute approximate surface area is 87.3 Å². The van der Waals surface area contributed by atoms with Crippen molar-refractivity contribution in [2.75, 3.05) is 23.7 Å². The third kappa shape index (κ3) is 1.68. The summed E-state index contributed by atoms with van der Waals surface area (Å²) in [7, 11) is 0. The molecule has 1 atom stereocenters. The van der Waals surface area contributed by atoms with Gasteiger partial charge in [-0.2, -0.15) is 0 Å². The van der Waals surface area contributed by atoms with Crippen molar-refractivity contribution >= 4 is 11.5 Å². The minimum atomic E-state index is -0.289. The second-order valence-electron chi connectivity index (χ2n) is 3.69. The normalized spacial score (nSPS) is 20.9. The second kappa shape index (κ2) is 3.90. The quantitative estimate of drug-likeness (QED) is 0.596. The molecule has 2 rings (SSSR count). The highest BCUT2D eigenvalue weighted by molar-refractivity contribution is 5.61. The molecule has 1 unspecified atom stereocenters. The first-order valence-corrected chi connectivity index (χ1v) is 5.04. The number of hydrogen-bond acceptors (Lipinski definition) is 5. The van der Waals surface area contributed by atoms with E-state index in [1.54, 1.807) is 0 Å². The number of hydrogen-bond donors (Lipinski definition) is 3. The van der Waals surface area contributed by atoms with Gasteiger partial charge in [-0.3, -0.25) is 4.79 Å². The summed E-state index contributed by atoms with van der Waals surface area (Å²) in [5.41, 5.74) is 11.2. The van der Waals surface area contributed by atoms with Crippen LogP contribution in [0.1, 0.15) is 12.8 Å². The topological polar surface area (TPSA) is 101 Å². The summed E-state index contributed by atoms with van der Waals surface area (Å²) in [5, 5.41) is 0. The van der Waals surface area contributed by atoms with Gasteiger partial charge in [-0.05, 0) is 12.8 Å². The fraction of sp³-hybridized carbons (Fsp3) is 0.556. The summed E-state index contributed by atoms with van der Waals surface area (Å²) in [4.78, 5) is 19.9. The maximum atomic E-state index is 11.3. The lowest BCUT2D eigenvalue weighted by Crippen LogP contribution is -2.37. The van der Waals surface area contributed by atoms with Crippen LogP contribution >= 0.6 is 0 Å². The lowest BCUT2D eigenvalue weighted by Gasteiger charge is -2.24. The minimum absolute atomic E-state index is 0.179. The van der Waals surface area contributed by atoms with Gasteiger partial charge >= 0.3 is 0 Å². The molecule has 1 aromatic heterocycles. The average molecular weight is 209 g/mol. The first-order valence-electron chi connectivity index (χ1n) is 5.04. The van der Waals surface area contributed by atoms with Crippen molar-refractivity contribution in [1.82, 2.24) is 9.97 Å². The van der Waals surface area contributed by atoms with E-state index in [1.807, 2.05) is 4.90 Å². The van der Waals surface area contributed by atoms with Gasteiger partial charge in [0.2, 0.25) is 0 Å². The van der Waals surface area contributed by atoms with Crippen LogP contribution < -0.4 is 21.9 Å². The Morgan fingerprint density at radius 1 is 1.67 bits per heavy atom. The molecule has 2 heterocycles. The first kappa shape index (κ1) is 9.97. The fourth-order valence-electron chi connectivity index (χ4n) is 1.99. The lowest BCUT2D eigenvalue weighted by molar-refractivity contribution is 0.671. The van der Waals surface area contributed by atoms with E-state index >= 15 is 0 Å². The smallest absolute Gasteiger partial charge is 0.276 e. The Kier molecular flexibility index (Phi) is 2.59. The summed E-state index contributed by atoms with van der Waals surface area (Å²) in [6, 6.07) is 0.251. The maximum absolute atomic E-state index is 11.3.